The predicted octanol–water partition coefficient (Wildman–Crippen LogP) is 4.06. The van der Waals surface area contributed by atoms with Gasteiger partial charge in [-0.25, -0.2) is 9.97 Å². The van der Waals surface area contributed by atoms with Crippen molar-refractivity contribution in [3.63, 3.8) is 0 Å². The Morgan fingerprint density at radius 3 is 2.93 bits per heavy atom. The molecule has 2 atom stereocenters. The number of nitrogens with one attached hydrogen (secondary N) is 1. The van der Waals surface area contributed by atoms with E-state index in [-0.39, 0.29) is 18.1 Å². The van der Waals surface area contributed by atoms with Gasteiger partial charge in [-0.15, -0.1) is 11.3 Å². The highest BCUT2D eigenvalue weighted by Crippen LogP contribution is 2.36. The fraction of sp³-hybridized carbons (Fsp3) is 0.550. The maximum atomic E-state index is 12.8. The van der Waals surface area contributed by atoms with Gasteiger partial charge in [0.05, 0.1) is 18.0 Å². The summed E-state index contributed by atoms with van der Waals surface area (Å²) in [5.74, 6) is 1.43. The van der Waals surface area contributed by atoms with Crippen LogP contribution in [-0.4, -0.2) is 37.6 Å². The van der Waals surface area contributed by atoms with Crippen LogP contribution in [0.15, 0.2) is 17.2 Å². The van der Waals surface area contributed by atoms with E-state index in [1.807, 2.05) is 11.8 Å². The molecule has 0 fully saturated rings. The molecule has 3 aromatic heterocycles. The van der Waals surface area contributed by atoms with Gasteiger partial charge >= 0.3 is 6.18 Å². The Morgan fingerprint density at radius 2 is 2.20 bits per heavy atom. The summed E-state index contributed by atoms with van der Waals surface area (Å²) in [5, 5.41) is 0.696. The second-order valence-electron chi connectivity index (χ2n) is 8.16. The van der Waals surface area contributed by atoms with Crippen LogP contribution >= 0.6 is 11.3 Å². The largest absolute Gasteiger partial charge is 0.406 e. The Labute approximate surface area is 175 Å². The summed E-state index contributed by atoms with van der Waals surface area (Å²) < 4.78 is 39.4. The summed E-state index contributed by atoms with van der Waals surface area (Å²) in [6.45, 7) is 3.21. The van der Waals surface area contributed by atoms with E-state index in [0.29, 0.717) is 23.0 Å². The highest BCUT2D eigenvalue weighted by atomic mass is 32.1. The molecule has 3 aromatic rings. The predicted molar refractivity (Wildman–Crippen MR) is 110 cm³/mol. The lowest BCUT2D eigenvalue weighted by Crippen LogP contribution is -2.28. The van der Waals surface area contributed by atoms with Gasteiger partial charge in [0, 0.05) is 17.3 Å². The Hall–Kier alpha value is -2.20. The number of H-pyrrole nitrogens is 1. The molecule has 162 valence electrons. The van der Waals surface area contributed by atoms with Crippen molar-refractivity contribution in [3.05, 3.63) is 44.8 Å². The van der Waals surface area contributed by atoms with E-state index in [2.05, 4.69) is 16.9 Å². The topological polar surface area (TPSA) is 66.8 Å². The number of thiophene rings is 1. The standard InChI is InChI=1S/C20H24F3N5OS/c1-11-4-5-13-14(8-11)30-19-16(13)18(29)25-17(26-19)12(2)27(3)9-15-24-6-7-28(15)10-20(21,22)23/h6-7,11-12H,4-5,8-10H2,1-3H3,(H,25,26,29). The maximum Gasteiger partial charge on any atom is 0.406 e. The van der Waals surface area contributed by atoms with Gasteiger partial charge in [0.1, 0.15) is 23.0 Å². The van der Waals surface area contributed by atoms with Crippen molar-refractivity contribution in [3.8, 4) is 0 Å². The number of aromatic amines is 1. The van der Waals surface area contributed by atoms with E-state index >= 15 is 0 Å². The van der Waals surface area contributed by atoms with Gasteiger partial charge in [-0.2, -0.15) is 13.2 Å². The number of rotatable bonds is 5. The average Bonchev–Trinajstić information content (AvgIpc) is 3.23. The molecular weight excluding hydrogens is 415 g/mol. The molecule has 6 nitrogen and oxygen atoms in total. The molecule has 3 heterocycles. The molecule has 0 amide bonds. The zero-order valence-electron chi connectivity index (χ0n) is 17.1. The first-order valence-electron chi connectivity index (χ1n) is 9.94. The van der Waals surface area contributed by atoms with E-state index in [0.717, 1.165) is 34.2 Å². The minimum atomic E-state index is -4.31. The maximum absolute atomic E-state index is 12.8. The Kier molecular flexibility index (Phi) is 5.48. The van der Waals surface area contributed by atoms with Crippen LogP contribution in [0.2, 0.25) is 0 Å². The van der Waals surface area contributed by atoms with Crippen molar-refractivity contribution in [2.24, 2.45) is 5.92 Å². The number of aromatic nitrogens is 4. The zero-order valence-corrected chi connectivity index (χ0v) is 17.9. The first-order chi connectivity index (χ1) is 14.1. The minimum Gasteiger partial charge on any atom is -0.325 e. The summed E-state index contributed by atoms with van der Waals surface area (Å²) in [5.41, 5.74) is 0.990. The first-order valence-corrected chi connectivity index (χ1v) is 10.8. The number of nitrogens with zero attached hydrogens (tertiary/aromatic N) is 4. The molecule has 0 radical (unpaired) electrons. The Balaban J connectivity index is 1.58. The van der Waals surface area contributed by atoms with E-state index < -0.39 is 12.7 Å². The lowest BCUT2D eigenvalue weighted by Gasteiger charge is -2.24. The second-order valence-corrected chi connectivity index (χ2v) is 9.24. The van der Waals surface area contributed by atoms with E-state index in [1.54, 1.807) is 18.4 Å². The van der Waals surface area contributed by atoms with Gasteiger partial charge in [0.2, 0.25) is 0 Å². The summed E-state index contributed by atoms with van der Waals surface area (Å²) in [6.07, 6.45) is 1.32. The number of fused-ring (bicyclic) bond motifs is 3. The van der Waals surface area contributed by atoms with Crippen LogP contribution in [0.5, 0.6) is 0 Å². The molecule has 1 aliphatic carbocycles. The van der Waals surface area contributed by atoms with Gasteiger partial charge < -0.3 is 9.55 Å². The number of halogens is 3. The normalized spacial score (nSPS) is 18.2. The number of imidazole rings is 1. The molecule has 10 heteroatoms. The average molecular weight is 440 g/mol. The van der Waals surface area contributed by atoms with Crippen LogP contribution in [0.25, 0.3) is 10.2 Å². The van der Waals surface area contributed by atoms with Crippen LogP contribution in [0.4, 0.5) is 13.2 Å². The molecule has 1 aliphatic rings. The quantitative estimate of drug-likeness (QED) is 0.651. The van der Waals surface area contributed by atoms with Crippen molar-refractivity contribution < 1.29 is 13.2 Å². The fourth-order valence-corrected chi connectivity index (χ4v) is 5.35. The molecular formula is C20H24F3N5OS. The van der Waals surface area contributed by atoms with Crippen LogP contribution < -0.4 is 5.56 Å². The van der Waals surface area contributed by atoms with Gasteiger partial charge in [-0.3, -0.25) is 9.69 Å². The Bertz CT molecular complexity index is 1120. The molecule has 0 aromatic carbocycles. The number of aryl methyl sites for hydroxylation is 1. The van der Waals surface area contributed by atoms with E-state index in [1.165, 1.54) is 17.3 Å². The Morgan fingerprint density at radius 1 is 1.43 bits per heavy atom. The van der Waals surface area contributed by atoms with Crippen LogP contribution in [-0.2, 0) is 25.9 Å². The van der Waals surface area contributed by atoms with Crippen molar-refractivity contribution in [1.82, 2.24) is 24.4 Å². The van der Waals surface area contributed by atoms with Gasteiger partial charge in [0.15, 0.2) is 0 Å². The molecule has 0 aliphatic heterocycles. The van der Waals surface area contributed by atoms with E-state index in [9.17, 15) is 18.0 Å². The van der Waals surface area contributed by atoms with Crippen LogP contribution in [0.1, 0.15) is 48.4 Å². The summed E-state index contributed by atoms with van der Waals surface area (Å²) >= 11 is 1.58. The highest BCUT2D eigenvalue weighted by molar-refractivity contribution is 7.18. The van der Waals surface area contributed by atoms with Crippen molar-refractivity contribution >= 4 is 21.6 Å². The second kappa shape index (κ2) is 7.81. The third kappa shape index (κ3) is 4.15. The van der Waals surface area contributed by atoms with Crippen LogP contribution in [0.3, 0.4) is 0 Å². The van der Waals surface area contributed by atoms with Gasteiger partial charge in [0.25, 0.3) is 5.56 Å². The molecule has 0 saturated carbocycles. The van der Waals surface area contributed by atoms with Crippen molar-refractivity contribution in [2.45, 2.75) is 58.4 Å². The molecule has 1 N–H and O–H groups in total. The smallest absolute Gasteiger partial charge is 0.325 e. The molecule has 30 heavy (non-hydrogen) atoms. The summed E-state index contributed by atoms with van der Waals surface area (Å²) in [6, 6.07) is -0.295. The van der Waals surface area contributed by atoms with Gasteiger partial charge in [-0.05, 0) is 44.7 Å². The first kappa shape index (κ1) is 21.0. The van der Waals surface area contributed by atoms with Crippen molar-refractivity contribution in [1.29, 1.82) is 0 Å². The number of hydrogen-bond acceptors (Lipinski definition) is 5. The molecule has 4 rings (SSSR count). The third-order valence-corrected chi connectivity index (χ3v) is 6.93. The molecule has 0 bridgehead atoms. The minimum absolute atomic E-state index is 0.138. The number of alkyl halides is 3. The van der Waals surface area contributed by atoms with Crippen LogP contribution in [0, 0.1) is 5.92 Å². The monoisotopic (exact) mass is 439 g/mol. The summed E-state index contributed by atoms with van der Waals surface area (Å²) in [4.78, 5) is 28.3. The van der Waals surface area contributed by atoms with Crippen molar-refractivity contribution in [2.75, 3.05) is 7.05 Å². The fourth-order valence-electron chi connectivity index (χ4n) is 3.96. The molecule has 0 saturated heterocycles. The third-order valence-electron chi connectivity index (χ3n) is 5.78. The highest BCUT2D eigenvalue weighted by Gasteiger charge is 2.29. The van der Waals surface area contributed by atoms with Gasteiger partial charge in [-0.1, -0.05) is 6.92 Å². The molecule has 2 unspecified atom stereocenters. The lowest BCUT2D eigenvalue weighted by atomic mass is 9.89. The SMILES string of the molecule is CC1CCc2c(sc3nc(C(C)N(C)Cc4nccn4CC(F)(F)F)[nH]c(=O)c23)C1. The summed E-state index contributed by atoms with van der Waals surface area (Å²) in [7, 11) is 1.78. The lowest BCUT2D eigenvalue weighted by molar-refractivity contribution is -0.141. The zero-order chi connectivity index (χ0) is 21.6. The molecule has 0 spiro atoms. The van der Waals surface area contributed by atoms with E-state index in [4.69, 9.17) is 4.98 Å². The number of hydrogen-bond donors (Lipinski definition) is 1.